The van der Waals surface area contributed by atoms with E-state index in [9.17, 15) is 0 Å². The predicted molar refractivity (Wildman–Crippen MR) is 70.1 cm³/mol. The standard InChI is InChI=1S/C14H19N3/c1-9-3-6-14-13(7-9)16-10(2)17(14)12-5-4-11(15)8-12/h3,6-7,11-12H,4-5,8,15H2,1-2H3/t11-,12+/m1/s1. The van der Waals surface area contributed by atoms with E-state index in [4.69, 9.17) is 5.73 Å². The Morgan fingerprint density at radius 1 is 1.29 bits per heavy atom. The molecule has 1 aliphatic rings. The molecule has 2 aromatic rings. The Morgan fingerprint density at radius 2 is 2.12 bits per heavy atom. The van der Waals surface area contributed by atoms with Crippen LogP contribution in [0.2, 0.25) is 0 Å². The van der Waals surface area contributed by atoms with Gasteiger partial charge in [0.15, 0.2) is 0 Å². The molecule has 3 heteroatoms. The maximum absolute atomic E-state index is 6.02. The van der Waals surface area contributed by atoms with Gasteiger partial charge in [-0.05, 0) is 50.8 Å². The number of hydrogen-bond donors (Lipinski definition) is 1. The van der Waals surface area contributed by atoms with Gasteiger partial charge in [0.05, 0.1) is 11.0 Å². The molecule has 1 heterocycles. The zero-order chi connectivity index (χ0) is 12.0. The van der Waals surface area contributed by atoms with Crippen LogP contribution in [0.15, 0.2) is 18.2 Å². The molecule has 1 saturated carbocycles. The number of hydrogen-bond acceptors (Lipinski definition) is 2. The molecule has 3 nitrogen and oxygen atoms in total. The Labute approximate surface area is 102 Å². The van der Waals surface area contributed by atoms with E-state index < -0.39 is 0 Å². The van der Waals surface area contributed by atoms with Crippen LogP contribution in [0, 0.1) is 13.8 Å². The molecule has 0 saturated heterocycles. The molecule has 3 rings (SSSR count). The van der Waals surface area contributed by atoms with Crippen molar-refractivity contribution in [2.75, 3.05) is 0 Å². The van der Waals surface area contributed by atoms with Crippen LogP contribution in [0.1, 0.15) is 36.7 Å². The Balaban J connectivity index is 2.12. The normalized spacial score (nSPS) is 24.6. The number of aryl methyl sites for hydroxylation is 2. The van der Waals surface area contributed by atoms with Gasteiger partial charge in [0.2, 0.25) is 0 Å². The first-order valence-electron chi connectivity index (χ1n) is 6.36. The minimum absolute atomic E-state index is 0.363. The lowest BCUT2D eigenvalue weighted by atomic mass is 10.2. The maximum atomic E-state index is 6.02. The SMILES string of the molecule is Cc1ccc2c(c1)nc(C)n2[C@H]1CC[C@@H](N)C1. The second-order valence-corrected chi connectivity index (χ2v) is 5.25. The molecule has 90 valence electrons. The van der Waals surface area contributed by atoms with Crippen molar-refractivity contribution in [1.29, 1.82) is 0 Å². The van der Waals surface area contributed by atoms with Crippen molar-refractivity contribution in [3.05, 3.63) is 29.6 Å². The number of imidazole rings is 1. The van der Waals surface area contributed by atoms with Crippen molar-refractivity contribution in [3.8, 4) is 0 Å². The summed E-state index contributed by atoms with van der Waals surface area (Å²) in [5.41, 5.74) is 9.66. The van der Waals surface area contributed by atoms with Gasteiger partial charge in [0.1, 0.15) is 5.82 Å². The molecular formula is C14H19N3. The predicted octanol–water partition coefficient (Wildman–Crippen LogP) is 2.71. The van der Waals surface area contributed by atoms with Gasteiger partial charge in [-0.15, -0.1) is 0 Å². The molecule has 2 atom stereocenters. The van der Waals surface area contributed by atoms with Crippen LogP contribution in [-0.2, 0) is 0 Å². The van der Waals surface area contributed by atoms with Gasteiger partial charge in [-0.3, -0.25) is 0 Å². The highest BCUT2D eigenvalue weighted by Crippen LogP contribution is 2.33. The molecule has 1 aromatic heterocycles. The van der Waals surface area contributed by atoms with E-state index in [0.29, 0.717) is 12.1 Å². The first-order valence-corrected chi connectivity index (χ1v) is 6.36. The van der Waals surface area contributed by atoms with Gasteiger partial charge in [0, 0.05) is 12.1 Å². The average molecular weight is 229 g/mol. The Morgan fingerprint density at radius 3 is 2.82 bits per heavy atom. The van der Waals surface area contributed by atoms with E-state index in [0.717, 1.165) is 24.2 Å². The molecule has 2 N–H and O–H groups in total. The van der Waals surface area contributed by atoms with Crippen LogP contribution in [-0.4, -0.2) is 15.6 Å². The second kappa shape index (κ2) is 3.84. The van der Waals surface area contributed by atoms with Gasteiger partial charge in [-0.25, -0.2) is 4.98 Å². The van der Waals surface area contributed by atoms with Crippen LogP contribution in [0.4, 0.5) is 0 Å². The number of rotatable bonds is 1. The molecule has 0 bridgehead atoms. The Bertz CT molecular complexity index is 556. The fourth-order valence-corrected chi connectivity index (χ4v) is 3.02. The summed E-state index contributed by atoms with van der Waals surface area (Å²) < 4.78 is 2.38. The van der Waals surface area contributed by atoms with Gasteiger partial charge >= 0.3 is 0 Å². The largest absolute Gasteiger partial charge is 0.328 e. The monoisotopic (exact) mass is 229 g/mol. The summed E-state index contributed by atoms with van der Waals surface area (Å²) in [6.07, 6.45) is 3.40. The summed E-state index contributed by atoms with van der Waals surface area (Å²) >= 11 is 0. The smallest absolute Gasteiger partial charge is 0.106 e. The van der Waals surface area contributed by atoms with Crippen LogP contribution in [0.3, 0.4) is 0 Å². The summed E-state index contributed by atoms with van der Waals surface area (Å²) in [6, 6.07) is 7.41. The van der Waals surface area contributed by atoms with Crippen LogP contribution >= 0.6 is 0 Å². The highest BCUT2D eigenvalue weighted by molar-refractivity contribution is 5.77. The second-order valence-electron chi connectivity index (χ2n) is 5.25. The van der Waals surface area contributed by atoms with Gasteiger partial charge in [-0.1, -0.05) is 6.07 Å². The van der Waals surface area contributed by atoms with Gasteiger partial charge in [0.25, 0.3) is 0 Å². The molecule has 17 heavy (non-hydrogen) atoms. The van der Waals surface area contributed by atoms with Crippen molar-refractivity contribution in [2.45, 2.75) is 45.2 Å². The lowest BCUT2D eigenvalue weighted by Crippen LogP contribution is -2.16. The van der Waals surface area contributed by atoms with Gasteiger partial charge in [-0.2, -0.15) is 0 Å². The van der Waals surface area contributed by atoms with E-state index >= 15 is 0 Å². The molecule has 0 radical (unpaired) electrons. The topological polar surface area (TPSA) is 43.8 Å². The number of nitrogens with two attached hydrogens (primary N) is 1. The van der Waals surface area contributed by atoms with E-state index in [2.05, 4.69) is 41.6 Å². The van der Waals surface area contributed by atoms with E-state index in [-0.39, 0.29) is 0 Å². The van der Waals surface area contributed by atoms with Crippen molar-refractivity contribution < 1.29 is 0 Å². The number of aromatic nitrogens is 2. The summed E-state index contributed by atoms with van der Waals surface area (Å²) in [7, 11) is 0. The lowest BCUT2D eigenvalue weighted by molar-refractivity contribution is 0.511. The number of benzene rings is 1. The highest BCUT2D eigenvalue weighted by Gasteiger charge is 2.25. The molecule has 0 amide bonds. The Kier molecular flexibility index (Phi) is 2.44. The third kappa shape index (κ3) is 1.75. The molecule has 1 aliphatic carbocycles. The van der Waals surface area contributed by atoms with Crippen LogP contribution in [0.25, 0.3) is 11.0 Å². The molecule has 0 spiro atoms. The molecular weight excluding hydrogens is 210 g/mol. The molecule has 1 aromatic carbocycles. The van der Waals surface area contributed by atoms with E-state index in [1.54, 1.807) is 0 Å². The molecule has 0 aliphatic heterocycles. The summed E-state index contributed by atoms with van der Waals surface area (Å²) in [6.45, 7) is 4.21. The van der Waals surface area contributed by atoms with Crippen molar-refractivity contribution in [2.24, 2.45) is 5.73 Å². The van der Waals surface area contributed by atoms with Crippen molar-refractivity contribution >= 4 is 11.0 Å². The summed E-state index contributed by atoms with van der Waals surface area (Å²) in [5.74, 6) is 1.12. The third-order valence-electron chi connectivity index (χ3n) is 3.83. The minimum atomic E-state index is 0.363. The fourth-order valence-electron chi connectivity index (χ4n) is 3.02. The van der Waals surface area contributed by atoms with Crippen LogP contribution in [0.5, 0.6) is 0 Å². The third-order valence-corrected chi connectivity index (χ3v) is 3.83. The van der Waals surface area contributed by atoms with Gasteiger partial charge < -0.3 is 10.3 Å². The lowest BCUT2D eigenvalue weighted by Gasteiger charge is -2.15. The molecule has 0 unspecified atom stereocenters. The van der Waals surface area contributed by atoms with Crippen molar-refractivity contribution in [1.82, 2.24) is 9.55 Å². The first-order chi connectivity index (χ1) is 8.15. The summed E-state index contributed by atoms with van der Waals surface area (Å²) in [5, 5.41) is 0. The highest BCUT2D eigenvalue weighted by atomic mass is 15.1. The fraction of sp³-hybridized carbons (Fsp3) is 0.500. The van der Waals surface area contributed by atoms with Crippen molar-refractivity contribution in [3.63, 3.8) is 0 Å². The summed E-state index contributed by atoms with van der Waals surface area (Å²) in [4.78, 5) is 4.67. The average Bonchev–Trinajstić information content (AvgIpc) is 2.80. The zero-order valence-electron chi connectivity index (χ0n) is 10.5. The number of nitrogens with zero attached hydrogens (tertiary/aromatic N) is 2. The minimum Gasteiger partial charge on any atom is -0.328 e. The van der Waals surface area contributed by atoms with Crippen LogP contribution < -0.4 is 5.73 Å². The number of fused-ring (bicyclic) bond motifs is 1. The van der Waals surface area contributed by atoms with E-state index in [1.165, 1.54) is 17.5 Å². The van der Waals surface area contributed by atoms with E-state index in [1.807, 2.05) is 0 Å². The zero-order valence-corrected chi connectivity index (χ0v) is 10.5. The molecule has 1 fully saturated rings. The maximum Gasteiger partial charge on any atom is 0.106 e. The first kappa shape index (κ1) is 10.8. The quantitative estimate of drug-likeness (QED) is 0.817. The Hall–Kier alpha value is -1.35.